The maximum absolute atomic E-state index is 11.8. The van der Waals surface area contributed by atoms with Crippen LogP contribution in [-0.2, 0) is 17.9 Å². The summed E-state index contributed by atoms with van der Waals surface area (Å²) in [5.41, 5.74) is 0. The molecule has 0 aromatic carbocycles. The molecular weight excluding hydrogens is 251 g/mol. The maximum atomic E-state index is 11.8. The summed E-state index contributed by atoms with van der Waals surface area (Å²) in [7, 11) is 0. The minimum atomic E-state index is -4.34. The monoisotopic (exact) mass is 267 g/mol. The van der Waals surface area contributed by atoms with Crippen molar-refractivity contribution in [2.45, 2.75) is 33.2 Å². The van der Waals surface area contributed by atoms with Crippen LogP contribution in [0, 0.1) is 5.92 Å². The van der Waals surface area contributed by atoms with E-state index in [1.165, 1.54) is 0 Å². The summed E-state index contributed by atoms with van der Waals surface area (Å²) in [4.78, 5) is 3.89. The van der Waals surface area contributed by atoms with E-state index < -0.39 is 12.8 Å². The molecule has 0 aliphatic heterocycles. The molecule has 104 valence electrons. The minimum absolute atomic E-state index is 0.112. The summed E-state index contributed by atoms with van der Waals surface area (Å²) < 4.78 is 44.7. The van der Waals surface area contributed by atoms with E-state index in [4.69, 9.17) is 4.52 Å². The molecule has 0 unspecified atom stereocenters. The van der Waals surface area contributed by atoms with Crippen molar-refractivity contribution in [1.29, 1.82) is 0 Å². The first kappa shape index (κ1) is 14.9. The van der Waals surface area contributed by atoms with Crippen LogP contribution in [-0.4, -0.2) is 29.5 Å². The van der Waals surface area contributed by atoms with Gasteiger partial charge in [0.25, 0.3) is 0 Å². The minimum Gasteiger partial charge on any atom is -0.364 e. The first-order valence-corrected chi connectivity index (χ1v) is 5.53. The van der Waals surface area contributed by atoms with Gasteiger partial charge in [0.1, 0.15) is 13.2 Å². The van der Waals surface area contributed by atoms with E-state index in [1.54, 1.807) is 0 Å². The molecule has 1 N–H and O–H groups in total. The SMILES string of the molecule is CC(C)CNCc1nc(COCC(F)(F)F)no1. The van der Waals surface area contributed by atoms with Crippen LogP contribution in [0.5, 0.6) is 0 Å². The van der Waals surface area contributed by atoms with Crippen molar-refractivity contribution >= 4 is 0 Å². The summed E-state index contributed by atoms with van der Waals surface area (Å²) in [5, 5.41) is 6.59. The molecule has 1 heterocycles. The van der Waals surface area contributed by atoms with Crippen molar-refractivity contribution in [2.24, 2.45) is 5.92 Å². The quantitative estimate of drug-likeness (QED) is 0.817. The lowest BCUT2D eigenvalue weighted by Gasteiger charge is -2.04. The Kier molecular flexibility index (Phi) is 5.54. The van der Waals surface area contributed by atoms with Crippen LogP contribution < -0.4 is 5.32 Å². The lowest BCUT2D eigenvalue weighted by Crippen LogP contribution is -2.19. The molecule has 0 atom stereocenters. The molecule has 0 saturated carbocycles. The second kappa shape index (κ2) is 6.69. The van der Waals surface area contributed by atoms with Gasteiger partial charge in [0.2, 0.25) is 5.89 Å². The number of rotatable bonds is 7. The largest absolute Gasteiger partial charge is 0.411 e. The van der Waals surface area contributed by atoms with Crippen LogP contribution in [0.2, 0.25) is 0 Å². The Morgan fingerprint density at radius 3 is 2.72 bits per heavy atom. The molecule has 0 spiro atoms. The van der Waals surface area contributed by atoms with Crippen molar-refractivity contribution in [1.82, 2.24) is 15.5 Å². The van der Waals surface area contributed by atoms with Gasteiger partial charge in [-0.2, -0.15) is 18.2 Å². The number of nitrogens with zero attached hydrogens (tertiary/aromatic N) is 2. The Morgan fingerprint density at radius 2 is 2.11 bits per heavy atom. The molecule has 1 aromatic rings. The summed E-state index contributed by atoms with van der Waals surface area (Å²) in [5.74, 6) is 0.935. The number of nitrogens with one attached hydrogen (secondary N) is 1. The van der Waals surface area contributed by atoms with Crippen molar-refractivity contribution in [2.75, 3.05) is 13.2 Å². The molecule has 1 rings (SSSR count). The summed E-state index contributed by atoms with van der Waals surface area (Å²) in [6.07, 6.45) is -4.34. The highest BCUT2D eigenvalue weighted by molar-refractivity contribution is 4.84. The van der Waals surface area contributed by atoms with Crippen molar-refractivity contribution in [3.05, 3.63) is 11.7 Å². The topological polar surface area (TPSA) is 60.2 Å². The van der Waals surface area contributed by atoms with E-state index in [0.29, 0.717) is 18.4 Å². The zero-order valence-corrected chi connectivity index (χ0v) is 10.3. The Labute approximate surface area is 103 Å². The van der Waals surface area contributed by atoms with Crippen LogP contribution >= 0.6 is 0 Å². The molecule has 0 aliphatic carbocycles. The van der Waals surface area contributed by atoms with Crippen molar-refractivity contribution in [3.63, 3.8) is 0 Å². The average molecular weight is 267 g/mol. The Hall–Kier alpha value is -1.15. The smallest absolute Gasteiger partial charge is 0.364 e. The Bertz CT molecular complexity index is 352. The van der Waals surface area contributed by atoms with Crippen LogP contribution in [0.25, 0.3) is 0 Å². The number of aromatic nitrogens is 2. The van der Waals surface area contributed by atoms with Gasteiger partial charge in [-0.15, -0.1) is 0 Å². The van der Waals surface area contributed by atoms with E-state index in [0.717, 1.165) is 6.54 Å². The van der Waals surface area contributed by atoms with E-state index in [2.05, 4.69) is 34.0 Å². The van der Waals surface area contributed by atoms with Gasteiger partial charge in [-0.05, 0) is 12.5 Å². The van der Waals surface area contributed by atoms with Gasteiger partial charge in [0.15, 0.2) is 5.82 Å². The van der Waals surface area contributed by atoms with Gasteiger partial charge >= 0.3 is 6.18 Å². The Balaban J connectivity index is 2.26. The van der Waals surface area contributed by atoms with Crippen LogP contribution in [0.3, 0.4) is 0 Å². The lowest BCUT2D eigenvalue weighted by molar-refractivity contribution is -0.177. The number of hydrogen-bond donors (Lipinski definition) is 1. The first-order valence-electron chi connectivity index (χ1n) is 5.53. The number of alkyl halides is 3. The second-order valence-electron chi connectivity index (χ2n) is 4.24. The van der Waals surface area contributed by atoms with Crippen molar-refractivity contribution < 1.29 is 22.4 Å². The lowest BCUT2D eigenvalue weighted by atomic mass is 10.2. The van der Waals surface area contributed by atoms with Crippen LogP contribution in [0.4, 0.5) is 13.2 Å². The molecule has 0 bridgehead atoms. The third-order valence-electron chi connectivity index (χ3n) is 1.84. The summed E-state index contributed by atoms with van der Waals surface area (Å²) >= 11 is 0. The molecule has 0 amide bonds. The molecule has 0 radical (unpaired) electrons. The van der Waals surface area contributed by atoms with Crippen LogP contribution in [0.15, 0.2) is 4.52 Å². The molecule has 0 aliphatic rings. The normalized spacial score (nSPS) is 12.3. The predicted octanol–water partition coefficient (Wildman–Crippen LogP) is 1.89. The second-order valence-corrected chi connectivity index (χ2v) is 4.24. The van der Waals surface area contributed by atoms with Gasteiger partial charge < -0.3 is 14.6 Å². The molecule has 1 aromatic heterocycles. The number of halogens is 3. The fourth-order valence-corrected chi connectivity index (χ4v) is 1.15. The molecule has 18 heavy (non-hydrogen) atoms. The number of hydrogen-bond acceptors (Lipinski definition) is 5. The van der Waals surface area contributed by atoms with Gasteiger partial charge in [-0.1, -0.05) is 19.0 Å². The standard InChI is InChI=1S/C10H16F3N3O2/c1-7(2)3-14-4-9-15-8(16-18-9)5-17-6-10(11,12)13/h7,14H,3-6H2,1-2H3. The summed E-state index contributed by atoms with van der Waals surface area (Å²) in [6.45, 7) is 3.66. The van der Waals surface area contributed by atoms with Crippen LogP contribution in [0.1, 0.15) is 25.6 Å². The average Bonchev–Trinajstić information content (AvgIpc) is 2.63. The zero-order chi connectivity index (χ0) is 13.6. The molecule has 0 fully saturated rings. The predicted molar refractivity (Wildman–Crippen MR) is 56.6 cm³/mol. The maximum Gasteiger partial charge on any atom is 0.411 e. The highest BCUT2D eigenvalue weighted by atomic mass is 19.4. The highest BCUT2D eigenvalue weighted by Crippen LogP contribution is 2.15. The first-order chi connectivity index (χ1) is 8.37. The highest BCUT2D eigenvalue weighted by Gasteiger charge is 2.27. The van der Waals surface area contributed by atoms with E-state index >= 15 is 0 Å². The van der Waals surface area contributed by atoms with Gasteiger partial charge in [0, 0.05) is 0 Å². The third-order valence-corrected chi connectivity index (χ3v) is 1.84. The fraction of sp³-hybridized carbons (Fsp3) is 0.800. The van der Waals surface area contributed by atoms with Crippen molar-refractivity contribution in [3.8, 4) is 0 Å². The fourth-order valence-electron chi connectivity index (χ4n) is 1.15. The van der Waals surface area contributed by atoms with Gasteiger partial charge in [-0.25, -0.2) is 0 Å². The summed E-state index contributed by atoms with van der Waals surface area (Å²) in [6, 6.07) is 0. The van der Waals surface area contributed by atoms with E-state index in [1.807, 2.05) is 0 Å². The third kappa shape index (κ3) is 6.55. The number of ether oxygens (including phenoxy) is 1. The van der Waals surface area contributed by atoms with E-state index in [-0.39, 0.29) is 12.4 Å². The molecule has 0 saturated heterocycles. The Morgan fingerprint density at radius 1 is 1.39 bits per heavy atom. The zero-order valence-electron chi connectivity index (χ0n) is 10.3. The van der Waals surface area contributed by atoms with Gasteiger partial charge in [-0.3, -0.25) is 0 Å². The van der Waals surface area contributed by atoms with Gasteiger partial charge in [0.05, 0.1) is 6.54 Å². The molecule has 5 nitrogen and oxygen atoms in total. The molecular formula is C10H16F3N3O2. The molecule has 8 heteroatoms. The van der Waals surface area contributed by atoms with E-state index in [9.17, 15) is 13.2 Å².